The van der Waals surface area contributed by atoms with E-state index in [1.54, 1.807) is 0 Å². The van der Waals surface area contributed by atoms with Crippen molar-refractivity contribution in [3.63, 3.8) is 0 Å². The normalized spacial score (nSPS) is 13.5. The van der Waals surface area contributed by atoms with Gasteiger partial charge in [0.15, 0.2) is 14.5 Å². The summed E-state index contributed by atoms with van der Waals surface area (Å²) in [4.78, 5) is 0. The Hall–Kier alpha value is 0.314. The molecule has 0 spiro atoms. The molecule has 0 aliphatic carbocycles. The van der Waals surface area contributed by atoms with Crippen LogP contribution in [0, 0.1) is 0 Å². The lowest BCUT2D eigenvalue weighted by Crippen LogP contribution is -2.61. The van der Waals surface area contributed by atoms with Crippen molar-refractivity contribution in [3.8, 4) is 0 Å². The van der Waals surface area contributed by atoms with Crippen LogP contribution in [0.1, 0.15) is 27.2 Å². The molecule has 0 aromatic rings. The van der Waals surface area contributed by atoms with Gasteiger partial charge in [-0.05, 0) is 46.5 Å². The monoisotopic (exact) mass is 264 g/mol. The second kappa shape index (κ2) is 6.91. The fourth-order valence-corrected chi connectivity index (χ4v) is 9.43. The van der Waals surface area contributed by atoms with Gasteiger partial charge in [0, 0.05) is 13.2 Å². The summed E-state index contributed by atoms with van der Waals surface area (Å²) in [5.74, 6) is 0. The molecule has 0 amide bonds. The van der Waals surface area contributed by atoms with Crippen molar-refractivity contribution in [2.75, 3.05) is 13.2 Å². The molecule has 98 valence electrons. The lowest BCUT2D eigenvalue weighted by Gasteiger charge is -2.44. The Kier molecular flexibility index (Phi) is 7.04. The maximum atomic E-state index is 6.23. The van der Waals surface area contributed by atoms with E-state index in [0.717, 1.165) is 6.42 Å². The number of hydrogen-bond acceptors (Lipinski definition) is 3. The van der Waals surface area contributed by atoms with Crippen molar-refractivity contribution in [3.05, 3.63) is 0 Å². The Balaban J connectivity index is 4.95. The summed E-state index contributed by atoms with van der Waals surface area (Å²) in [5, 5.41) is 0. The third-order valence-electron chi connectivity index (χ3n) is 2.67. The minimum atomic E-state index is -1.97. The predicted octanol–water partition coefficient (Wildman–Crippen LogP) is 2.91. The highest BCUT2D eigenvalue weighted by atomic mass is 28.4. The molecular formula is C11H28O3Si2. The molecule has 0 rings (SSSR count). The van der Waals surface area contributed by atoms with Crippen molar-refractivity contribution in [1.29, 1.82) is 0 Å². The average Bonchev–Trinajstić information content (AvgIpc) is 2.15. The van der Waals surface area contributed by atoms with E-state index < -0.39 is 22.8 Å². The average molecular weight is 265 g/mol. The van der Waals surface area contributed by atoms with Gasteiger partial charge in [-0.25, -0.2) is 0 Å². The van der Waals surface area contributed by atoms with Crippen molar-refractivity contribution in [2.45, 2.75) is 58.8 Å². The van der Waals surface area contributed by atoms with E-state index in [1.807, 2.05) is 13.8 Å². The topological polar surface area (TPSA) is 27.7 Å². The highest BCUT2D eigenvalue weighted by Gasteiger charge is 2.49. The molecule has 0 heterocycles. The van der Waals surface area contributed by atoms with Gasteiger partial charge in [-0.2, -0.15) is 0 Å². The molecule has 0 bridgehead atoms. The van der Waals surface area contributed by atoms with Gasteiger partial charge in [0.25, 0.3) is 0 Å². The Bertz CT molecular complexity index is 190. The maximum Gasteiger partial charge on any atom is 0.240 e. The van der Waals surface area contributed by atoms with E-state index in [4.69, 9.17) is 13.6 Å². The SMILES string of the molecule is CCOC(CC)(OCC)[Si](C)(C)O[SiH](C)C. The van der Waals surface area contributed by atoms with Gasteiger partial charge in [-0.1, -0.05) is 6.92 Å². The minimum Gasteiger partial charge on any atom is -0.455 e. The summed E-state index contributed by atoms with van der Waals surface area (Å²) in [6, 6.07) is 0. The Morgan fingerprint density at radius 1 is 1.00 bits per heavy atom. The maximum absolute atomic E-state index is 6.23. The summed E-state index contributed by atoms with van der Waals surface area (Å²) >= 11 is 0. The lowest BCUT2D eigenvalue weighted by atomic mass is 10.4. The summed E-state index contributed by atoms with van der Waals surface area (Å²) in [6.45, 7) is 16.3. The Morgan fingerprint density at radius 2 is 1.44 bits per heavy atom. The second-order valence-electron chi connectivity index (χ2n) is 4.65. The molecule has 0 N–H and O–H groups in total. The van der Waals surface area contributed by atoms with E-state index >= 15 is 0 Å². The predicted molar refractivity (Wildman–Crippen MR) is 73.7 cm³/mol. The first-order valence-corrected chi connectivity index (χ1v) is 12.0. The van der Waals surface area contributed by atoms with Gasteiger partial charge in [0.05, 0.1) is 0 Å². The molecule has 0 saturated carbocycles. The smallest absolute Gasteiger partial charge is 0.240 e. The number of rotatable bonds is 8. The van der Waals surface area contributed by atoms with E-state index in [0.29, 0.717) is 13.2 Å². The van der Waals surface area contributed by atoms with Crippen LogP contribution in [-0.2, 0) is 13.6 Å². The van der Waals surface area contributed by atoms with Gasteiger partial charge in [-0.15, -0.1) is 0 Å². The third-order valence-corrected chi connectivity index (χ3v) is 9.39. The van der Waals surface area contributed by atoms with Gasteiger partial charge < -0.3 is 13.6 Å². The van der Waals surface area contributed by atoms with Crippen LogP contribution < -0.4 is 0 Å². The molecule has 0 radical (unpaired) electrons. The van der Waals surface area contributed by atoms with Crippen LogP contribution in [0.25, 0.3) is 0 Å². The fourth-order valence-electron chi connectivity index (χ4n) is 2.16. The van der Waals surface area contributed by atoms with Crippen LogP contribution in [0.2, 0.25) is 26.2 Å². The zero-order valence-electron chi connectivity index (χ0n) is 11.9. The summed E-state index contributed by atoms with van der Waals surface area (Å²) in [5.41, 5.74) is -0.478. The zero-order chi connectivity index (χ0) is 12.8. The van der Waals surface area contributed by atoms with Crippen molar-refractivity contribution in [1.82, 2.24) is 0 Å². The molecule has 0 aliphatic heterocycles. The molecule has 16 heavy (non-hydrogen) atoms. The first-order chi connectivity index (χ1) is 7.35. The first kappa shape index (κ1) is 16.3. The standard InChI is InChI=1S/C11H28O3Si2/c1-8-11(12-9-2,13-10-3)16(6,7)14-15(4)5/h15H,8-10H2,1-7H3. The van der Waals surface area contributed by atoms with Crippen LogP contribution in [0.15, 0.2) is 0 Å². The molecule has 0 aliphatic rings. The first-order valence-electron chi connectivity index (χ1n) is 6.30. The van der Waals surface area contributed by atoms with E-state index in [9.17, 15) is 0 Å². The Morgan fingerprint density at radius 3 is 1.69 bits per heavy atom. The highest BCUT2D eigenvalue weighted by molar-refractivity contribution is 6.79. The highest BCUT2D eigenvalue weighted by Crippen LogP contribution is 2.31. The molecule has 0 atom stereocenters. The zero-order valence-corrected chi connectivity index (χ0v) is 14.1. The molecule has 0 unspecified atom stereocenters. The second-order valence-corrected chi connectivity index (χ2v) is 11.5. The summed E-state index contributed by atoms with van der Waals surface area (Å²) in [7, 11) is -3.03. The fraction of sp³-hybridized carbons (Fsp3) is 1.00. The molecule has 3 nitrogen and oxygen atoms in total. The quantitative estimate of drug-likeness (QED) is 0.498. The lowest BCUT2D eigenvalue weighted by molar-refractivity contribution is -0.188. The van der Waals surface area contributed by atoms with E-state index in [-0.39, 0.29) is 0 Å². The van der Waals surface area contributed by atoms with E-state index in [1.165, 1.54) is 0 Å². The van der Waals surface area contributed by atoms with Crippen LogP contribution in [0.5, 0.6) is 0 Å². The van der Waals surface area contributed by atoms with E-state index in [2.05, 4.69) is 33.1 Å². The van der Waals surface area contributed by atoms with Crippen LogP contribution in [0.4, 0.5) is 0 Å². The van der Waals surface area contributed by atoms with Crippen LogP contribution >= 0.6 is 0 Å². The van der Waals surface area contributed by atoms with Crippen molar-refractivity contribution < 1.29 is 13.6 Å². The molecule has 0 fully saturated rings. The van der Waals surface area contributed by atoms with Crippen LogP contribution in [0.3, 0.4) is 0 Å². The summed E-state index contributed by atoms with van der Waals surface area (Å²) < 4.78 is 18.1. The number of hydrogen-bond donors (Lipinski definition) is 0. The van der Waals surface area contributed by atoms with Gasteiger partial charge in [0.2, 0.25) is 8.32 Å². The number of ether oxygens (including phenoxy) is 2. The molecule has 5 heteroatoms. The minimum absolute atomic E-state index is 0.478. The van der Waals surface area contributed by atoms with Crippen molar-refractivity contribution in [2.24, 2.45) is 0 Å². The van der Waals surface area contributed by atoms with Gasteiger partial charge in [0.1, 0.15) is 0 Å². The third kappa shape index (κ3) is 3.96. The van der Waals surface area contributed by atoms with Gasteiger partial charge in [-0.3, -0.25) is 0 Å². The molecular weight excluding hydrogens is 236 g/mol. The molecule has 0 aromatic heterocycles. The van der Waals surface area contributed by atoms with Crippen molar-refractivity contribution >= 4 is 17.4 Å². The molecule has 0 aromatic carbocycles. The van der Waals surface area contributed by atoms with Gasteiger partial charge >= 0.3 is 0 Å². The van der Waals surface area contributed by atoms with Crippen LogP contribution in [-0.4, -0.2) is 36.0 Å². The summed E-state index contributed by atoms with van der Waals surface area (Å²) in [6.07, 6.45) is 0.856. The molecule has 0 saturated heterocycles. The largest absolute Gasteiger partial charge is 0.455 e. The Labute approximate surface area is 103 Å².